The number of rotatable bonds is 4. The molecule has 5 nitrogen and oxygen atoms in total. The molecular formula is C16H19FN2O3. The summed E-state index contributed by atoms with van der Waals surface area (Å²) in [6.45, 7) is 4.98. The molecular weight excluding hydrogens is 287 g/mol. The topological polar surface area (TPSA) is 74.5 Å². The quantitative estimate of drug-likeness (QED) is 0.812. The van der Waals surface area contributed by atoms with Gasteiger partial charge in [0.1, 0.15) is 22.9 Å². The number of hydrogen-bond donors (Lipinski definition) is 3. The van der Waals surface area contributed by atoms with Crippen LogP contribution in [0.2, 0.25) is 0 Å². The van der Waals surface area contributed by atoms with Crippen LogP contribution in [0.15, 0.2) is 34.7 Å². The lowest BCUT2D eigenvalue weighted by atomic mass is 10.0. The molecule has 0 saturated carbocycles. The summed E-state index contributed by atoms with van der Waals surface area (Å²) in [5, 5.41) is 15.2. The van der Waals surface area contributed by atoms with Gasteiger partial charge in [0.2, 0.25) is 0 Å². The first-order valence-corrected chi connectivity index (χ1v) is 6.88. The number of carbonyl (C=O) groups is 1. The molecule has 0 saturated heterocycles. The largest absolute Gasteiger partial charge is 0.463 e. The summed E-state index contributed by atoms with van der Waals surface area (Å²) in [5.74, 6) is 0.511. The smallest absolute Gasteiger partial charge is 0.319 e. The lowest BCUT2D eigenvalue weighted by Gasteiger charge is -2.21. The Hall–Kier alpha value is -2.34. The van der Waals surface area contributed by atoms with E-state index in [1.165, 1.54) is 19.1 Å². The van der Waals surface area contributed by atoms with Crippen molar-refractivity contribution in [1.82, 2.24) is 5.32 Å². The molecule has 0 spiro atoms. The molecule has 0 fully saturated rings. The number of halogens is 1. The second-order valence-electron chi connectivity index (χ2n) is 5.48. The molecule has 3 N–H and O–H groups in total. The van der Waals surface area contributed by atoms with Gasteiger partial charge >= 0.3 is 6.03 Å². The van der Waals surface area contributed by atoms with Gasteiger partial charge < -0.3 is 20.2 Å². The van der Waals surface area contributed by atoms with Crippen molar-refractivity contribution < 1.29 is 18.7 Å². The van der Waals surface area contributed by atoms with E-state index >= 15 is 0 Å². The number of nitrogens with one attached hydrogen (secondary N) is 2. The molecule has 2 amide bonds. The molecule has 1 aromatic carbocycles. The zero-order valence-electron chi connectivity index (χ0n) is 12.7. The Labute approximate surface area is 128 Å². The number of furan rings is 1. The molecule has 2 aromatic rings. The average Bonchev–Trinajstić information content (AvgIpc) is 2.87. The molecule has 0 aliphatic carbocycles. The number of hydrogen-bond acceptors (Lipinski definition) is 3. The number of benzene rings is 1. The fraction of sp³-hybridized carbons (Fsp3) is 0.312. The Balaban J connectivity index is 1.95. The van der Waals surface area contributed by atoms with Crippen molar-refractivity contribution in [2.24, 2.45) is 0 Å². The van der Waals surface area contributed by atoms with Crippen LogP contribution < -0.4 is 10.6 Å². The monoisotopic (exact) mass is 306 g/mol. The lowest BCUT2D eigenvalue weighted by molar-refractivity contribution is 0.0364. The molecule has 0 bridgehead atoms. The second kappa shape index (κ2) is 6.19. The van der Waals surface area contributed by atoms with E-state index < -0.39 is 17.4 Å². The van der Waals surface area contributed by atoms with Gasteiger partial charge in [0.05, 0.1) is 12.2 Å². The molecule has 0 radical (unpaired) electrons. The SMILES string of the molecule is Cc1ccc(NC(=O)NCC(C)(O)c2ccc(C)o2)c(F)c1. The van der Waals surface area contributed by atoms with Crippen LogP contribution in [0, 0.1) is 19.7 Å². The van der Waals surface area contributed by atoms with Gasteiger partial charge in [-0.25, -0.2) is 9.18 Å². The van der Waals surface area contributed by atoms with Crippen molar-refractivity contribution in [3.8, 4) is 0 Å². The summed E-state index contributed by atoms with van der Waals surface area (Å²) in [6, 6.07) is 7.28. The van der Waals surface area contributed by atoms with Crippen LogP contribution in [0.3, 0.4) is 0 Å². The van der Waals surface area contributed by atoms with Crippen molar-refractivity contribution in [1.29, 1.82) is 0 Å². The molecule has 118 valence electrons. The van der Waals surface area contributed by atoms with Crippen LogP contribution in [0.5, 0.6) is 0 Å². The first-order valence-electron chi connectivity index (χ1n) is 6.88. The maximum absolute atomic E-state index is 13.6. The third-order valence-electron chi connectivity index (χ3n) is 3.24. The van der Waals surface area contributed by atoms with Gasteiger partial charge in [-0.05, 0) is 50.6 Å². The first-order chi connectivity index (χ1) is 10.3. The van der Waals surface area contributed by atoms with E-state index in [9.17, 15) is 14.3 Å². The van der Waals surface area contributed by atoms with E-state index in [0.29, 0.717) is 11.5 Å². The Morgan fingerprint density at radius 3 is 2.64 bits per heavy atom. The van der Waals surface area contributed by atoms with Gasteiger partial charge in [-0.1, -0.05) is 6.07 Å². The van der Waals surface area contributed by atoms with Crippen LogP contribution in [0.1, 0.15) is 24.0 Å². The number of aryl methyl sites for hydroxylation is 2. The Kier molecular flexibility index (Phi) is 4.51. The van der Waals surface area contributed by atoms with Gasteiger partial charge in [-0.2, -0.15) is 0 Å². The van der Waals surface area contributed by atoms with E-state index in [4.69, 9.17) is 4.42 Å². The van der Waals surface area contributed by atoms with Crippen molar-refractivity contribution in [2.45, 2.75) is 26.4 Å². The standard InChI is InChI=1S/C16H19FN2O3/c1-10-4-6-13(12(17)8-10)19-15(20)18-9-16(3,21)14-7-5-11(2)22-14/h4-8,21H,9H2,1-3H3,(H2,18,19,20). The third kappa shape index (κ3) is 3.85. The number of aliphatic hydroxyl groups is 1. The average molecular weight is 306 g/mol. The summed E-state index contributed by atoms with van der Waals surface area (Å²) in [6.07, 6.45) is 0. The first kappa shape index (κ1) is 16.0. The van der Waals surface area contributed by atoms with Crippen LogP contribution in [-0.2, 0) is 5.60 Å². The molecule has 0 aliphatic rings. The molecule has 1 unspecified atom stereocenters. The molecule has 1 heterocycles. The predicted octanol–water partition coefficient (Wildman–Crippen LogP) is 3.06. The second-order valence-corrected chi connectivity index (χ2v) is 5.48. The van der Waals surface area contributed by atoms with Gasteiger partial charge in [0.25, 0.3) is 0 Å². The molecule has 6 heteroatoms. The van der Waals surface area contributed by atoms with Crippen LogP contribution in [0.4, 0.5) is 14.9 Å². The van der Waals surface area contributed by atoms with Crippen molar-refractivity contribution in [3.63, 3.8) is 0 Å². The van der Waals surface area contributed by atoms with E-state index in [1.54, 1.807) is 32.0 Å². The highest BCUT2D eigenvalue weighted by atomic mass is 19.1. The molecule has 1 aromatic heterocycles. The minimum Gasteiger partial charge on any atom is -0.463 e. The van der Waals surface area contributed by atoms with Crippen molar-refractivity contribution in [2.75, 3.05) is 11.9 Å². The zero-order valence-corrected chi connectivity index (χ0v) is 12.7. The Morgan fingerprint density at radius 2 is 2.05 bits per heavy atom. The van der Waals surface area contributed by atoms with Gasteiger partial charge in [0.15, 0.2) is 0 Å². The highest BCUT2D eigenvalue weighted by Crippen LogP contribution is 2.22. The molecule has 22 heavy (non-hydrogen) atoms. The van der Waals surface area contributed by atoms with Crippen LogP contribution in [-0.4, -0.2) is 17.7 Å². The number of anilines is 1. The lowest BCUT2D eigenvalue weighted by Crippen LogP contribution is -2.40. The Bertz CT molecular complexity index is 680. The van der Waals surface area contributed by atoms with E-state index in [0.717, 1.165) is 5.56 Å². The van der Waals surface area contributed by atoms with E-state index in [2.05, 4.69) is 10.6 Å². The van der Waals surface area contributed by atoms with Gasteiger partial charge in [0, 0.05) is 0 Å². The van der Waals surface area contributed by atoms with E-state index in [1.807, 2.05) is 0 Å². The van der Waals surface area contributed by atoms with Crippen molar-refractivity contribution in [3.05, 3.63) is 53.2 Å². The third-order valence-corrected chi connectivity index (χ3v) is 3.24. The normalized spacial score (nSPS) is 13.5. The maximum atomic E-state index is 13.6. The number of carbonyl (C=O) groups excluding carboxylic acids is 1. The fourth-order valence-electron chi connectivity index (χ4n) is 1.95. The minimum atomic E-state index is -1.35. The van der Waals surface area contributed by atoms with Crippen LogP contribution >= 0.6 is 0 Å². The minimum absolute atomic E-state index is 0.0702. The fourth-order valence-corrected chi connectivity index (χ4v) is 1.95. The molecule has 1 atom stereocenters. The summed E-state index contributed by atoms with van der Waals surface area (Å²) >= 11 is 0. The highest BCUT2D eigenvalue weighted by molar-refractivity contribution is 5.89. The molecule has 0 aliphatic heterocycles. The summed E-state index contributed by atoms with van der Waals surface area (Å²) in [4.78, 5) is 11.8. The summed E-state index contributed by atoms with van der Waals surface area (Å²) in [7, 11) is 0. The molecule has 2 rings (SSSR count). The predicted molar refractivity (Wildman–Crippen MR) is 81.2 cm³/mol. The van der Waals surface area contributed by atoms with E-state index in [-0.39, 0.29) is 12.2 Å². The number of urea groups is 1. The van der Waals surface area contributed by atoms with Crippen molar-refractivity contribution >= 4 is 11.7 Å². The summed E-state index contributed by atoms with van der Waals surface area (Å²) in [5.41, 5.74) is -0.506. The number of amides is 2. The zero-order chi connectivity index (χ0) is 16.3. The van der Waals surface area contributed by atoms with Gasteiger partial charge in [-0.3, -0.25) is 0 Å². The Morgan fingerprint density at radius 1 is 1.32 bits per heavy atom. The highest BCUT2D eigenvalue weighted by Gasteiger charge is 2.27. The van der Waals surface area contributed by atoms with Crippen LogP contribution in [0.25, 0.3) is 0 Å². The van der Waals surface area contributed by atoms with Gasteiger partial charge in [-0.15, -0.1) is 0 Å². The maximum Gasteiger partial charge on any atom is 0.319 e. The summed E-state index contributed by atoms with van der Waals surface area (Å²) < 4.78 is 19.0.